The Morgan fingerprint density at radius 3 is 2.95 bits per heavy atom. The van der Waals surface area contributed by atoms with Crippen molar-refractivity contribution in [3.63, 3.8) is 0 Å². The van der Waals surface area contributed by atoms with E-state index in [9.17, 15) is 9.18 Å². The van der Waals surface area contributed by atoms with Crippen molar-refractivity contribution in [3.8, 4) is 5.75 Å². The molecule has 0 saturated carbocycles. The van der Waals surface area contributed by atoms with Gasteiger partial charge in [0.2, 0.25) is 0 Å². The highest BCUT2D eigenvalue weighted by molar-refractivity contribution is 5.97. The second-order valence-electron chi connectivity index (χ2n) is 5.10. The molecule has 1 saturated heterocycles. The molecule has 1 atom stereocenters. The Labute approximate surface area is 118 Å². The zero-order valence-electron chi connectivity index (χ0n) is 12.0. The van der Waals surface area contributed by atoms with E-state index in [1.165, 1.54) is 25.3 Å². The van der Waals surface area contributed by atoms with E-state index in [1.54, 1.807) is 11.9 Å². The van der Waals surface area contributed by atoms with Gasteiger partial charge in [-0.2, -0.15) is 0 Å². The highest BCUT2D eigenvalue weighted by Crippen LogP contribution is 2.23. The Hall–Kier alpha value is -1.62. The van der Waals surface area contributed by atoms with Crippen molar-refractivity contribution >= 4 is 5.91 Å². The summed E-state index contributed by atoms with van der Waals surface area (Å²) in [5.74, 6) is -0.201. The standard InChI is InChI=1S/C15H21FN2O2/c1-18(12-4-3-8-17-9-7-12)15(19)13-10-11(16)5-6-14(13)20-2/h5-6,10,12,17H,3-4,7-9H2,1-2H3. The zero-order valence-corrected chi connectivity index (χ0v) is 12.0. The van der Waals surface area contributed by atoms with Crippen LogP contribution in [-0.2, 0) is 0 Å². The van der Waals surface area contributed by atoms with Crippen molar-refractivity contribution in [2.24, 2.45) is 0 Å². The molecule has 1 heterocycles. The number of amides is 1. The van der Waals surface area contributed by atoms with Gasteiger partial charge in [0, 0.05) is 13.1 Å². The van der Waals surface area contributed by atoms with E-state index in [0.717, 1.165) is 32.4 Å². The minimum absolute atomic E-state index is 0.186. The smallest absolute Gasteiger partial charge is 0.257 e. The number of benzene rings is 1. The molecule has 1 amide bonds. The first-order valence-corrected chi connectivity index (χ1v) is 6.95. The summed E-state index contributed by atoms with van der Waals surface area (Å²) in [7, 11) is 3.27. The number of ether oxygens (including phenoxy) is 1. The third-order valence-electron chi connectivity index (χ3n) is 3.81. The van der Waals surface area contributed by atoms with Crippen molar-refractivity contribution in [3.05, 3.63) is 29.6 Å². The molecule has 1 N–H and O–H groups in total. The molecule has 0 spiro atoms. The maximum Gasteiger partial charge on any atom is 0.257 e. The number of rotatable bonds is 3. The lowest BCUT2D eigenvalue weighted by atomic mass is 10.1. The lowest BCUT2D eigenvalue weighted by Crippen LogP contribution is -2.37. The summed E-state index contributed by atoms with van der Waals surface area (Å²) in [5.41, 5.74) is 0.284. The number of hydrogen-bond acceptors (Lipinski definition) is 3. The average Bonchev–Trinajstić information content (AvgIpc) is 2.74. The molecule has 1 fully saturated rings. The van der Waals surface area contributed by atoms with Crippen LogP contribution >= 0.6 is 0 Å². The van der Waals surface area contributed by atoms with Crippen LogP contribution in [0.1, 0.15) is 29.6 Å². The van der Waals surface area contributed by atoms with Crippen LogP contribution in [0.5, 0.6) is 5.75 Å². The van der Waals surface area contributed by atoms with Gasteiger partial charge in [0.1, 0.15) is 11.6 Å². The number of halogens is 1. The fourth-order valence-corrected chi connectivity index (χ4v) is 2.59. The van der Waals surface area contributed by atoms with E-state index in [0.29, 0.717) is 5.75 Å². The first-order valence-electron chi connectivity index (χ1n) is 6.95. The fraction of sp³-hybridized carbons (Fsp3) is 0.533. The molecule has 1 aliphatic heterocycles. The minimum Gasteiger partial charge on any atom is -0.496 e. The molecule has 1 unspecified atom stereocenters. The molecule has 2 rings (SSSR count). The van der Waals surface area contributed by atoms with Crippen LogP contribution in [0.15, 0.2) is 18.2 Å². The van der Waals surface area contributed by atoms with E-state index in [4.69, 9.17) is 4.74 Å². The van der Waals surface area contributed by atoms with Crippen LogP contribution in [0.4, 0.5) is 4.39 Å². The van der Waals surface area contributed by atoms with Gasteiger partial charge < -0.3 is 15.0 Å². The molecule has 110 valence electrons. The second kappa shape index (κ2) is 6.70. The SMILES string of the molecule is COc1ccc(F)cc1C(=O)N(C)C1CCCNCC1. The van der Waals surface area contributed by atoms with Crippen LogP contribution < -0.4 is 10.1 Å². The van der Waals surface area contributed by atoms with Gasteiger partial charge in [-0.15, -0.1) is 0 Å². The predicted molar refractivity (Wildman–Crippen MR) is 75.6 cm³/mol. The Kier molecular flexibility index (Phi) is 4.95. The van der Waals surface area contributed by atoms with Crippen molar-refractivity contribution in [1.82, 2.24) is 10.2 Å². The van der Waals surface area contributed by atoms with Gasteiger partial charge in [0.15, 0.2) is 0 Å². The van der Waals surface area contributed by atoms with Crippen LogP contribution in [0, 0.1) is 5.82 Å². The Balaban J connectivity index is 2.19. The summed E-state index contributed by atoms with van der Waals surface area (Å²) < 4.78 is 18.5. The van der Waals surface area contributed by atoms with Crippen molar-refractivity contribution in [2.75, 3.05) is 27.2 Å². The van der Waals surface area contributed by atoms with Crippen LogP contribution in [0.2, 0.25) is 0 Å². The summed E-state index contributed by atoms with van der Waals surface area (Å²) in [5, 5.41) is 3.32. The number of methoxy groups -OCH3 is 1. The summed E-state index contributed by atoms with van der Waals surface area (Å²) in [4.78, 5) is 14.3. The van der Waals surface area contributed by atoms with E-state index in [-0.39, 0.29) is 17.5 Å². The molecule has 4 nitrogen and oxygen atoms in total. The minimum atomic E-state index is -0.426. The molecule has 0 aliphatic carbocycles. The van der Waals surface area contributed by atoms with E-state index in [2.05, 4.69) is 5.32 Å². The summed E-state index contributed by atoms with van der Waals surface area (Å²) >= 11 is 0. The molecule has 5 heteroatoms. The Morgan fingerprint density at radius 2 is 2.20 bits per heavy atom. The van der Waals surface area contributed by atoms with E-state index >= 15 is 0 Å². The van der Waals surface area contributed by atoms with Crippen LogP contribution in [0.3, 0.4) is 0 Å². The number of hydrogen-bond donors (Lipinski definition) is 1. The normalized spacial score (nSPS) is 19.2. The molecule has 1 aliphatic rings. The van der Waals surface area contributed by atoms with Gasteiger partial charge in [0.05, 0.1) is 12.7 Å². The maximum atomic E-state index is 13.4. The quantitative estimate of drug-likeness (QED) is 0.921. The van der Waals surface area contributed by atoms with E-state index in [1.807, 2.05) is 0 Å². The molecule has 1 aromatic rings. The van der Waals surface area contributed by atoms with Gasteiger partial charge in [-0.3, -0.25) is 4.79 Å². The fourth-order valence-electron chi connectivity index (χ4n) is 2.59. The van der Waals surface area contributed by atoms with Gasteiger partial charge >= 0.3 is 0 Å². The molecule has 20 heavy (non-hydrogen) atoms. The molecular weight excluding hydrogens is 259 g/mol. The predicted octanol–water partition coefficient (Wildman–Crippen LogP) is 2.05. The van der Waals surface area contributed by atoms with E-state index < -0.39 is 5.82 Å². The maximum absolute atomic E-state index is 13.4. The average molecular weight is 280 g/mol. The molecule has 0 bridgehead atoms. The number of nitrogens with zero attached hydrogens (tertiary/aromatic N) is 1. The summed E-state index contributed by atoms with van der Waals surface area (Å²) in [6, 6.07) is 4.22. The number of nitrogens with one attached hydrogen (secondary N) is 1. The van der Waals surface area contributed by atoms with Gasteiger partial charge in [-0.1, -0.05) is 0 Å². The highest BCUT2D eigenvalue weighted by atomic mass is 19.1. The van der Waals surface area contributed by atoms with Gasteiger partial charge in [-0.25, -0.2) is 4.39 Å². The summed E-state index contributed by atoms with van der Waals surface area (Å²) in [6.07, 6.45) is 2.93. The van der Waals surface area contributed by atoms with Crippen molar-refractivity contribution in [1.29, 1.82) is 0 Å². The lowest BCUT2D eigenvalue weighted by molar-refractivity contribution is 0.0716. The largest absolute Gasteiger partial charge is 0.496 e. The lowest BCUT2D eigenvalue weighted by Gasteiger charge is -2.27. The molecule has 0 radical (unpaired) electrons. The summed E-state index contributed by atoms with van der Waals surface area (Å²) in [6.45, 7) is 1.89. The monoisotopic (exact) mass is 280 g/mol. The molecular formula is C15H21FN2O2. The third kappa shape index (κ3) is 3.28. The van der Waals surface area contributed by atoms with Crippen LogP contribution in [0.25, 0.3) is 0 Å². The van der Waals surface area contributed by atoms with Crippen molar-refractivity contribution < 1.29 is 13.9 Å². The number of carbonyl (C=O) groups is 1. The molecule has 1 aromatic carbocycles. The Morgan fingerprint density at radius 1 is 1.40 bits per heavy atom. The first-order chi connectivity index (χ1) is 9.63. The first kappa shape index (κ1) is 14.8. The zero-order chi connectivity index (χ0) is 14.5. The molecule has 0 aromatic heterocycles. The van der Waals surface area contributed by atoms with Crippen LogP contribution in [-0.4, -0.2) is 44.1 Å². The van der Waals surface area contributed by atoms with Gasteiger partial charge in [0.25, 0.3) is 5.91 Å². The highest BCUT2D eigenvalue weighted by Gasteiger charge is 2.24. The number of carbonyl (C=O) groups excluding carboxylic acids is 1. The topological polar surface area (TPSA) is 41.6 Å². The van der Waals surface area contributed by atoms with Crippen molar-refractivity contribution in [2.45, 2.75) is 25.3 Å². The third-order valence-corrected chi connectivity index (χ3v) is 3.81. The second-order valence-corrected chi connectivity index (χ2v) is 5.10. The van der Waals surface area contributed by atoms with Gasteiger partial charge in [-0.05, 0) is 50.6 Å². The Bertz CT molecular complexity index is 471.